The summed E-state index contributed by atoms with van der Waals surface area (Å²) in [6.45, 7) is 0.956. The first-order valence-corrected chi connectivity index (χ1v) is 10.6. The summed E-state index contributed by atoms with van der Waals surface area (Å²) in [4.78, 5) is 0. The second kappa shape index (κ2) is 8.46. The molecule has 5 aromatic rings. The molecule has 158 valence electrons. The van der Waals surface area contributed by atoms with Gasteiger partial charge in [0.15, 0.2) is 22.7 Å². The van der Waals surface area contributed by atoms with Crippen LogP contribution in [0.4, 0.5) is 0 Å². The van der Waals surface area contributed by atoms with Gasteiger partial charge < -0.3 is 24.1 Å². The first-order chi connectivity index (χ1) is 15.3. The van der Waals surface area contributed by atoms with Gasteiger partial charge in [-0.2, -0.15) is 0 Å². The van der Waals surface area contributed by atoms with E-state index in [0.717, 1.165) is 32.3 Å². The van der Waals surface area contributed by atoms with E-state index in [4.69, 9.17) is 24.1 Å². The summed E-state index contributed by atoms with van der Waals surface area (Å²) in [5.41, 5.74) is 1.35. The van der Waals surface area contributed by atoms with Crippen molar-refractivity contribution < 1.29 is 24.1 Å². The zero-order valence-corrected chi connectivity index (χ0v) is 17.1. The molecule has 0 aliphatic carbocycles. The smallest absolute Gasteiger partial charge is 0.178 e. The molecule has 1 aromatic heterocycles. The van der Waals surface area contributed by atoms with Crippen LogP contribution in [0.25, 0.3) is 43.5 Å². The highest BCUT2D eigenvalue weighted by molar-refractivity contribution is 6.28. The highest BCUT2D eigenvalue weighted by Gasteiger charge is 2.21. The van der Waals surface area contributed by atoms with Gasteiger partial charge in [0.2, 0.25) is 0 Å². The number of fused-ring (bicyclic) bond motifs is 7. The number of aliphatic hydroxyl groups excluding tert-OH is 2. The SMILES string of the molecule is OCCCOc1cc2ccccc2c2c1oc1c(OCCCO)cc3ccccc3c12. The monoisotopic (exact) mass is 416 g/mol. The van der Waals surface area contributed by atoms with E-state index in [-0.39, 0.29) is 13.2 Å². The fourth-order valence-corrected chi connectivity index (χ4v) is 4.11. The van der Waals surface area contributed by atoms with Gasteiger partial charge in [0, 0.05) is 36.8 Å². The molecule has 0 aliphatic rings. The molecule has 5 heteroatoms. The quantitative estimate of drug-likeness (QED) is 0.331. The number of aliphatic hydroxyl groups is 2. The predicted molar refractivity (Wildman–Crippen MR) is 123 cm³/mol. The molecule has 0 bridgehead atoms. The maximum absolute atomic E-state index is 9.16. The third-order valence-electron chi connectivity index (χ3n) is 5.51. The molecule has 0 spiro atoms. The molecule has 0 atom stereocenters. The molecule has 0 saturated carbocycles. The van der Waals surface area contributed by atoms with Crippen LogP contribution in [-0.2, 0) is 0 Å². The lowest BCUT2D eigenvalue weighted by Crippen LogP contribution is -2.00. The Labute approximate surface area is 179 Å². The molecule has 0 unspecified atom stereocenters. The van der Waals surface area contributed by atoms with Crippen molar-refractivity contribution in [3.63, 3.8) is 0 Å². The minimum atomic E-state index is 0.0737. The number of furan rings is 1. The van der Waals surface area contributed by atoms with Crippen molar-refractivity contribution in [2.24, 2.45) is 0 Å². The molecule has 4 aromatic carbocycles. The van der Waals surface area contributed by atoms with E-state index >= 15 is 0 Å². The fraction of sp³-hybridized carbons (Fsp3) is 0.231. The van der Waals surface area contributed by atoms with E-state index in [9.17, 15) is 0 Å². The minimum absolute atomic E-state index is 0.0737. The van der Waals surface area contributed by atoms with E-state index in [2.05, 4.69) is 24.3 Å². The van der Waals surface area contributed by atoms with E-state index < -0.39 is 0 Å². The Morgan fingerprint density at radius 1 is 0.645 bits per heavy atom. The Bertz CT molecular complexity index is 1260. The van der Waals surface area contributed by atoms with Crippen molar-refractivity contribution in [3.05, 3.63) is 60.7 Å². The highest BCUT2D eigenvalue weighted by atomic mass is 16.5. The van der Waals surface area contributed by atoms with Crippen LogP contribution >= 0.6 is 0 Å². The first-order valence-electron chi connectivity index (χ1n) is 10.6. The molecule has 1 heterocycles. The van der Waals surface area contributed by atoms with E-state index in [1.165, 1.54) is 0 Å². The molecule has 0 radical (unpaired) electrons. The molecule has 0 saturated heterocycles. The second-order valence-corrected chi connectivity index (χ2v) is 7.55. The number of hydrogen-bond acceptors (Lipinski definition) is 5. The number of ether oxygens (including phenoxy) is 2. The molecule has 0 aliphatic heterocycles. The first kappa shape index (κ1) is 19.7. The zero-order chi connectivity index (χ0) is 21.2. The van der Waals surface area contributed by atoms with E-state index in [0.29, 0.717) is 48.7 Å². The standard InChI is InChI=1S/C26H24O5/c27-11-5-13-29-21-15-17-7-1-3-9-19(17)23-24-20-10-4-2-8-18(20)16-22(30-14-6-12-28)26(24)31-25(21)23/h1-4,7-10,15-16,27-28H,5-6,11-14H2. The summed E-state index contributed by atoms with van der Waals surface area (Å²) in [5.74, 6) is 1.31. The van der Waals surface area contributed by atoms with Crippen molar-refractivity contribution in [2.75, 3.05) is 26.4 Å². The Morgan fingerprint density at radius 2 is 1.10 bits per heavy atom. The van der Waals surface area contributed by atoms with Gasteiger partial charge in [-0.25, -0.2) is 0 Å². The highest BCUT2D eigenvalue weighted by Crippen LogP contribution is 2.46. The van der Waals surface area contributed by atoms with Crippen LogP contribution in [0.1, 0.15) is 12.8 Å². The lowest BCUT2D eigenvalue weighted by atomic mass is 9.99. The van der Waals surface area contributed by atoms with Gasteiger partial charge in [-0.3, -0.25) is 0 Å². The lowest BCUT2D eigenvalue weighted by molar-refractivity contribution is 0.233. The maximum atomic E-state index is 9.16. The van der Waals surface area contributed by atoms with Crippen molar-refractivity contribution in [3.8, 4) is 11.5 Å². The average Bonchev–Trinajstić information content (AvgIpc) is 3.21. The average molecular weight is 416 g/mol. The molecule has 31 heavy (non-hydrogen) atoms. The van der Waals surface area contributed by atoms with Crippen LogP contribution in [0.15, 0.2) is 65.1 Å². The molecular weight excluding hydrogens is 392 g/mol. The Hall–Kier alpha value is -3.28. The van der Waals surface area contributed by atoms with Crippen molar-refractivity contribution in [1.29, 1.82) is 0 Å². The van der Waals surface area contributed by atoms with Gasteiger partial charge in [-0.05, 0) is 33.7 Å². The summed E-state index contributed by atoms with van der Waals surface area (Å²) in [7, 11) is 0. The van der Waals surface area contributed by atoms with Gasteiger partial charge in [-0.15, -0.1) is 0 Å². The minimum Gasteiger partial charge on any atom is -0.490 e. The molecule has 5 nitrogen and oxygen atoms in total. The summed E-state index contributed by atoms with van der Waals surface area (Å²) >= 11 is 0. The third-order valence-corrected chi connectivity index (χ3v) is 5.51. The topological polar surface area (TPSA) is 72.1 Å². The van der Waals surface area contributed by atoms with Gasteiger partial charge >= 0.3 is 0 Å². The third kappa shape index (κ3) is 3.46. The van der Waals surface area contributed by atoms with E-state index in [1.807, 2.05) is 36.4 Å². The summed E-state index contributed by atoms with van der Waals surface area (Å²) in [6.07, 6.45) is 1.10. The Kier molecular flexibility index (Phi) is 5.37. The summed E-state index contributed by atoms with van der Waals surface area (Å²) in [5, 5.41) is 24.6. The zero-order valence-electron chi connectivity index (χ0n) is 17.1. The number of rotatable bonds is 8. The van der Waals surface area contributed by atoms with E-state index in [1.54, 1.807) is 0 Å². The molecular formula is C26H24O5. The summed E-state index contributed by atoms with van der Waals surface area (Å²) in [6, 6.07) is 20.4. The second-order valence-electron chi connectivity index (χ2n) is 7.55. The Balaban J connectivity index is 1.86. The number of hydrogen-bond donors (Lipinski definition) is 2. The summed E-state index contributed by atoms with van der Waals surface area (Å²) < 4.78 is 18.5. The Morgan fingerprint density at radius 3 is 1.55 bits per heavy atom. The van der Waals surface area contributed by atoms with Crippen LogP contribution in [-0.4, -0.2) is 36.6 Å². The van der Waals surface area contributed by atoms with Crippen LogP contribution in [0.3, 0.4) is 0 Å². The predicted octanol–water partition coefficient (Wildman–Crippen LogP) is 5.41. The van der Waals surface area contributed by atoms with Crippen LogP contribution < -0.4 is 9.47 Å². The maximum Gasteiger partial charge on any atom is 0.178 e. The van der Waals surface area contributed by atoms with Crippen LogP contribution in [0.5, 0.6) is 11.5 Å². The molecule has 2 N–H and O–H groups in total. The van der Waals surface area contributed by atoms with Gasteiger partial charge in [-0.1, -0.05) is 48.5 Å². The largest absolute Gasteiger partial charge is 0.490 e. The van der Waals surface area contributed by atoms with Gasteiger partial charge in [0.05, 0.1) is 13.2 Å². The van der Waals surface area contributed by atoms with Crippen LogP contribution in [0.2, 0.25) is 0 Å². The van der Waals surface area contributed by atoms with Crippen molar-refractivity contribution in [2.45, 2.75) is 12.8 Å². The van der Waals surface area contributed by atoms with Crippen molar-refractivity contribution >= 4 is 43.5 Å². The molecule has 5 rings (SSSR count). The van der Waals surface area contributed by atoms with Gasteiger partial charge in [0.25, 0.3) is 0 Å². The van der Waals surface area contributed by atoms with Crippen LogP contribution in [0, 0.1) is 0 Å². The van der Waals surface area contributed by atoms with Crippen molar-refractivity contribution in [1.82, 2.24) is 0 Å². The van der Waals surface area contributed by atoms with Gasteiger partial charge in [0.1, 0.15) is 0 Å². The number of benzene rings is 4. The normalized spacial score (nSPS) is 11.7. The lowest BCUT2D eigenvalue weighted by Gasteiger charge is -2.09. The molecule has 0 amide bonds. The molecule has 0 fully saturated rings. The fourth-order valence-electron chi connectivity index (χ4n) is 4.11.